The van der Waals surface area contributed by atoms with Crippen LogP contribution in [0.1, 0.15) is 19.5 Å². The first-order valence-electron chi connectivity index (χ1n) is 18.2. The lowest BCUT2D eigenvalue weighted by molar-refractivity contribution is 0.909. The lowest BCUT2D eigenvalue weighted by Crippen LogP contribution is -2.00. The van der Waals surface area contributed by atoms with Crippen LogP contribution in [0.15, 0.2) is 158 Å². The van der Waals surface area contributed by atoms with E-state index in [1.165, 1.54) is 5.56 Å². The Labute approximate surface area is 280 Å². The van der Waals surface area contributed by atoms with Crippen molar-refractivity contribution in [1.29, 1.82) is 0 Å². The van der Waals surface area contributed by atoms with Gasteiger partial charge in [0.05, 0.1) is 11.0 Å². The molecule has 47 heavy (non-hydrogen) atoms. The normalized spacial score (nSPS) is 13.7. The first-order valence-corrected chi connectivity index (χ1v) is 15.7. The van der Waals surface area contributed by atoms with Crippen LogP contribution in [0.2, 0.25) is 0 Å². The molecule has 9 aromatic rings. The number of rotatable bonds is 5. The summed E-state index contributed by atoms with van der Waals surface area (Å²) in [5.41, 5.74) is 8.56. The molecule has 3 heteroatoms. The van der Waals surface area contributed by atoms with Gasteiger partial charge in [0.15, 0.2) is 0 Å². The topological polar surface area (TPSA) is 30.7 Å². The quantitative estimate of drug-likeness (QED) is 0.183. The van der Waals surface area contributed by atoms with Crippen LogP contribution in [-0.2, 0) is 6.37 Å². The van der Waals surface area contributed by atoms with Crippen LogP contribution in [0.5, 0.6) is 0 Å². The summed E-state index contributed by atoms with van der Waals surface area (Å²) in [6, 6.07) is 49.5. The average molecular weight is 607 g/mol. The molecule has 0 radical (unpaired) electrons. The third kappa shape index (κ3) is 4.51. The summed E-state index contributed by atoms with van der Waals surface area (Å²) in [7, 11) is 0. The van der Waals surface area contributed by atoms with Crippen LogP contribution >= 0.6 is 0 Å². The highest BCUT2D eigenvalue weighted by Crippen LogP contribution is 2.44. The van der Waals surface area contributed by atoms with Gasteiger partial charge in [-0.1, -0.05) is 110 Å². The zero-order chi connectivity index (χ0) is 35.6. The van der Waals surface area contributed by atoms with Crippen molar-refractivity contribution in [2.75, 3.05) is 0 Å². The van der Waals surface area contributed by atoms with Gasteiger partial charge in [-0.3, -0.25) is 9.55 Å². The summed E-state index contributed by atoms with van der Waals surface area (Å²) in [5.74, 6) is -0.145. The molecule has 0 atom stereocenters. The van der Waals surface area contributed by atoms with Crippen LogP contribution in [0, 0.1) is 0 Å². The summed E-state index contributed by atoms with van der Waals surface area (Å²) in [4.78, 5) is 8.84. The van der Waals surface area contributed by atoms with Gasteiger partial charge in [-0.05, 0) is 103 Å². The summed E-state index contributed by atoms with van der Waals surface area (Å²) in [5, 5.41) is 6.58. The molecular weight excluding hydrogens is 571 g/mol. The van der Waals surface area contributed by atoms with E-state index in [0.717, 1.165) is 60.1 Å². The van der Waals surface area contributed by atoms with E-state index in [0.29, 0.717) is 16.7 Å². The number of nitrogens with zero attached hydrogens (tertiary/aromatic N) is 3. The lowest BCUT2D eigenvalue weighted by atomic mass is 9.85. The first-order chi connectivity index (χ1) is 25.2. The Balaban J connectivity index is 1.22. The van der Waals surface area contributed by atoms with E-state index in [2.05, 4.69) is 107 Å². The monoisotopic (exact) mass is 606 g/mol. The molecule has 0 unspecified atom stereocenters. The molecule has 0 spiro atoms. The number of pyridine rings is 1. The zero-order valence-electron chi connectivity index (χ0n) is 30.4. The van der Waals surface area contributed by atoms with Crippen LogP contribution < -0.4 is 0 Å². The van der Waals surface area contributed by atoms with Crippen molar-refractivity contribution in [3.8, 4) is 39.1 Å². The van der Waals surface area contributed by atoms with E-state index in [1.54, 1.807) is 16.8 Å². The van der Waals surface area contributed by atoms with E-state index in [1.807, 2.05) is 48.7 Å². The van der Waals surface area contributed by atoms with Gasteiger partial charge in [0.2, 0.25) is 0 Å². The van der Waals surface area contributed by atoms with Crippen molar-refractivity contribution < 1.29 is 6.85 Å². The Kier molecular flexibility index (Phi) is 5.29. The van der Waals surface area contributed by atoms with E-state index < -0.39 is 13.2 Å². The third-order valence-electron chi connectivity index (χ3n) is 9.12. The minimum absolute atomic E-state index is 0.145. The molecule has 2 heterocycles. The summed E-state index contributed by atoms with van der Waals surface area (Å²) in [6.45, 7) is -2.90. The maximum Gasteiger partial charge on any atom is 0.114 e. The molecule has 222 valence electrons. The Morgan fingerprint density at radius 1 is 0.574 bits per heavy atom. The Morgan fingerprint density at radius 3 is 1.94 bits per heavy atom. The van der Waals surface area contributed by atoms with Gasteiger partial charge >= 0.3 is 0 Å². The van der Waals surface area contributed by atoms with Crippen molar-refractivity contribution in [3.63, 3.8) is 0 Å². The Hall–Kier alpha value is -6.06. The number of hydrogen-bond acceptors (Lipinski definition) is 2. The van der Waals surface area contributed by atoms with E-state index in [4.69, 9.17) is 6.85 Å². The van der Waals surface area contributed by atoms with Crippen molar-refractivity contribution in [1.82, 2.24) is 14.5 Å². The molecule has 0 aliphatic rings. The van der Waals surface area contributed by atoms with Crippen LogP contribution in [0.3, 0.4) is 0 Å². The molecule has 0 aliphatic carbocycles. The first kappa shape index (κ1) is 22.4. The number of benzene rings is 7. The fourth-order valence-electron chi connectivity index (χ4n) is 7.04. The number of imidazole rings is 1. The van der Waals surface area contributed by atoms with Gasteiger partial charge in [0.1, 0.15) is 5.82 Å². The average Bonchev–Trinajstić information content (AvgIpc) is 3.57. The third-order valence-corrected chi connectivity index (χ3v) is 9.12. The van der Waals surface area contributed by atoms with Gasteiger partial charge in [-0.2, -0.15) is 0 Å². The summed E-state index contributed by atoms with van der Waals surface area (Å²) < 4.78 is 42.7. The van der Waals surface area contributed by atoms with Gasteiger partial charge < -0.3 is 0 Å². The molecule has 0 saturated carbocycles. The number of hydrogen-bond donors (Lipinski definition) is 0. The predicted octanol–water partition coefficient (Wildman–Crippen LogP) is 11.4. The summed E-state index contributed by atoms with van der Waals surface area (Å²) in [6.07, 6.45) is 1.02. The van der Waals surface area contributed by atoms with E-state index >= 15 is 0 Å². The largest absolute Gasteiger partial charge is 0.296 e. The summed E-state index contributed by atoms with van der Waals surface area (Å²) >= 11 is 0. The molecule has 9 rings (SSSR count). The fourth-order valence-corrected chi connectivity index (χ4v) is 7.04. The van der Waals surface area contributed by atoms with Crippen LogP contribution in [0.4, 0.5) is 0 Å². The van der Waals surface area contributed by atoms with Gasteiger partial charge in [-0.25, -0.2) is 4.98 Å². The SMILES string of the molecule is [2H]C([2H])([2H])C([2H])([2H])c1nc2ccccc2n1-c1ccc2cc(-c3c4ccccc4c(-c4cccc(-c5cccnc5)c4)c4ccccc34)ccc2c1. The molecule has 0 amide bonds. The van der Waals surface area contributed by atoms with Crippen molar-refractivity contribution in [3.05, 3.63) is 164 Å². The number of aryl methyl sites for hydroxylation is 1. The minimum Gasteiger partial charge on any atom is -0.296 e. The fraction of sp³-hybridized carbons (Fsp3) is 0.0455. The second kappa shape index (κ2) is 11.1. The maximum atomic E-state index is 8.60. The molecule has 0 fully saturated rings. The van der Waals surface area contributed by atoms with E-state index in [-0.39, 0.29) is 5.82 Å². The molecular formula is C44H31N3. The van der Waals surface area contributed by atoms with Crippen molar-refractivity contribution in [2.24, 2.45) is 0 Å². The Bertz CT molecular complexity index is 2760. The minimum atomic E-state index is -2.90. The van der Waals surface area contributed by atoms with Gasteiger partial charge in [0, 0.05) is 36.9 Å². The molecule has 0 bridgehead atoms. The number of aromatic nitrogens is 3. The molecule has 0 N–H and O–H groups in total. The predicted molar refractivity (Wildman–Crippen MR) is 197 cm³/mol. The standard InChI is InChI=1S/C44H31N3/c1-2-42-46-40-18-7-8-19-41(40)47(42)35-23-22-30-26-33(21-20-31(30)27-35)44-38-16-5-3-14-36(38)43(37-15-4-6-17-39(37)44)32-12-9-11-29(25-32)34-13-10-24-45-28-34/h3-28H,2H2,1H3/i1D3,2D2. The second-order valence-electron chi connectivity index (χ2n) is 11.8. The molecule has 0 saturated heterocycles. The number of para-hydroxylation sites is 2. The molecule has 3 nitrogen and oxygen atoms in total. The highest BCUT2D eigenvalue weighted by Gasteiger charge is 2.18. The number of fused-ring (bicyclic) bond motifs is 4. The highest BCUT2D eigenvalue weighted by molar-refractivity contribution is 6.21. The van der Waals surface area contributed by atoms with Crippen LogP contribution in [-0.4, -0.2) is 14.5 Å². The van der Waals surface area contributed by atoms with Crippen molar-refractivity contribution in [2.45, 2.75) is 13.2 Å². The van der Waals surface area contributed by atoms with Crippen molar-refractivity contribution >= 4 is 43.4 Å². The van der Waals surface area contributed by atoms with Gasteiger partial charge in [0.25, 0.3) is 0 Å². The second-order valence-corrected chi connectivity index (χ2v) is 11.8. The Morgan fingerprint density at radius 2 is 1.21 bits per heavy atom. The smallest absolute Gasteiger partial charge is 0.114 e. The molecule has 7 aromatic carbocycles. The lowest BCUT2D eigenvalue weighted by Gasteiger charge is -2.18. The van der Waals surface area contributed by atoms with E-state index in [9.17, 15) is 0 Å². The molecule has 2 aromatic heterocycles. The highest BCUT2D eigenvalue weighted by atomic mass is 15.1. The molecule has 0 aliphatic heterocycles. The zero-order valence-corrected chi connectivity index (χ0v) is 25.4. The van der Waals surface area contributed by atoms with Crippen LogP contribution in [0.25, 0.3) is 82.4 Å². The van der Waals surface area contributed by atoms with Gasteiger partial charge in [-0.15, -0.1) is 0 Å². The maximum absolute atomic E-state index is 8.60.